The number of hydrogen-bond donors (Lipinski definition) is 2. The highest BCUT2D eigenvalue weighted by molar-refractivity contribution is 6.29. The number of hydrogen-bond acceptors (Lipinski definition) is 5. The molecule has 0 spiro atoms. The van der Waals surface area contributed by atoms with Crippen molar-refractivity contribution in [3.05, 3.63) is 168 Å². The van der Waals surface area contributed by atoms with Gasteiger partial charge in [0, 0.05) is 78.8 Å². The zero-order chi connectivity index (χ0) is 41.0. The van der Waals surface area contributed by atoms with Crippen molar-refractivity contribution in [2.45, 2.75) is 11.8 Å². The van der Waals surface area contributed by atoms with Crippen molar-refractivity contribution in [1.29, 1.82) is 0 Å². The van der Waals surface area contributed by atoms with E-state index < -0.39 is 0 Å². The highest BCUT2D eigenvalue weighted by atomic mass is 15.2. The summed E-state index contributed by atoms with van der Waals surface area (Å²) >= 11 is 0. The van der Waals surface area contributed by atoms with Gasteiger partial charge in [0.15, 0.2) is 0 Å². The van der Waals surface area contributed by atoms with Crippen LogP contribution < -0.4 is 11.5 Å². The smallest absolute Gasteiger partial charge is 0.237 e. The zero-order valence-electron chi connectivity index (χ0n) is 33.8. The highest BCUT2D eigenvalue weighted by Gasteiger charge is 2.32. The number of rotatable bonds is 3. The van der Waals surface area contributed by atoms with Crippen LogP contribution in [0.3, 0.4) is 0 Å². The molecule has 14 aromatic rings. The van der Waals surface area contributed by atoms with Crippen LogP contribution in [-0.2, 0) is 0 Å². The van der Waals surface area contributed by atoms with E-state index in [0.717, 1.165) is 32.8 Å². The van der Waals surface area contributed by atoms with Gasteiger partial charge in [-0.2, -0.15) is 0 Å². The second-order valence-corrected chi connectivity index (χ2v) is 17.8. The van der Waals surface area contributed by atoms with Crippen LogP contribution in [0, 0.1) is 0 Å². The van der Waals surface area contributed by atoms with Crippen LogP contribution in [0.25, 0.3) is 126 Å². The Kier molecular flexibility index (Phi) is 5.79. The van der Waals surface area contributed by atoms with Crippen molar-refractivity contribution in [3.8, 4) is 28.2 Å². The summed E-state index contributed by atoms with van der Waals surface area (Å²) in [5, 5.41) is 12.3. The summed E-state index contributed by atoms with van der Waals surface area (Å²) in [5.74, 6) is 0.903. The topological polar surface area (TPSA) is 104 Å². The van der Waals surface area contributed by atoms with E-state index in [0.29, 0.717) is 19.0 Å². The summed E-state index contributed by atoms with van der Waals surface area (Å²) in [7, 11) is 0. The molecule has 2 atom stereocenters. The maximum atomic E-state index is 6.53. The Balaban J connectivity index is 1.03. The minimum Gasteiger partial charge on any atom is -0.330 e. The SMILES string of the molecule is NCC1c2ccccc2-c2cc3c4cccc5c6cc7c8cc9c%10cccc%11c%12cc%13c(cc%12n(c9cc8n(-c8ncncn8)c7cc6n(c3cc21)c45)c%11%10)C(CN)c1ccccc1-%13. The first-order chi connectivity index (χ1) is 31.2. The summed E-state index contributed by atoms with van der Waals surface area (Å²) in [6.07, 6.45) is 3.19. The van der Waals surface area contributed by atoms with Crippen molar-refractivity contribution in [2.24, 2.45) is 11.5 Å². The minimum absolute atomic E-state index is 0.158. The molecule has 8 nitrogen and oxygen atoms in total. The Morgan fingerprint density at radius 2 is 0.794 bits per heavy atom. The number of nitrogens with two attached hydrogens (primary N) is 2. The molecule has 6 aromatic heterocycles. The predicted molar refractivity (Wildman–Crippen MR) is 256 cm³/mol. The van der Waals surface area contributed by atoms with Gasteiger partial charge >= 0.3 is 0 Å². The molecular weight excluding hydrogens is 773 g/mol. The highest BCUT2D eigenvalue weighted by Crippen LogP contribution is 2.52. The molecular formula is C55H34N8. The standard InChI is InChI=1S/C55H34N8/c56-23-45-29-9-3-1-7-27(29)35-15-39-31-11-5-13-33-41-17-43-44-18-42-34-14-6-12-32-40-16-36-28-8-2-4-10-30(28)46(24-57)38(36)20-48(40)62(54(32)34)50(42)22-52(44)63(55-59-25-58-26-60-55)51(43)21-49(41)61(53(31)33)47(39)19-37(35)45/h1-22,25-26,45-46H,23-24,56-57H2. The van der Waals surface area contributed by atoms with Gasteiger partial charge in [-0.1, -0.05) is 84.9 Å². The second kappa shape index (κ2) is 11.1. The Bertz CT molecular complexity index is 4100. The Labute approximate surface area is 357 Å². The maximum Gasteiger partial charge on any atom is 0.237 e. The van der Waals surface area contributed by atoms with Crippen LogP contribution in [0.5, 0.6) is 0 Å². The zero-order valence-corrected chi connectivity index (χ0v) is 33.8. The first kappa shape index (κ1) is 32.8. The molecule has 0 saturated carbocycles. The van der Waals surface area contributed by atoms with Crippen molar-refractivity contribution in [1.82, 2.24) is 28.3 Å². The average Bonchev–Trinajstić information content (AvgIpc) is 4.19. The molecule has 0 aliphatic heterocycles. The summed E-state index contributed by atoms with van der Waals surface area (Å²) in [6.45, 7) is 1.13. The van der Waals surface area contributed by atoms with E-state index in [9.17, 15) is 0 Å². The van der Waals surface area contributed by atoms with Crippen molar-refractivity contribution in [3.63, 3.8) is 0 Å². The van der Waals surface area contributed by atoms with Gasteiger partial charge in [0.2, 0.25) is 5.95 Å². The van der Waals surface area contributed by atoms with E-state index in [1.807, 2.05) is 0 Å². The number of fused-ring (bicyclic) bond motifs is 21. The van der Waals surface area contributed by atoms with Gasteiger partial charge in [0.05, 0.1) is 44.1 Å². The Morgan fingerprint density at radius 1 is 0.381 bits per heavy atom. The number of nitrogens with zero attached hydrogens (tertiary/aromatic N) is 6. The molecule has 8 heteroatoms. The first-order valence-corrected chi connectivity index (χ1v) is 21.8. The van der Waals surface area contributed by atoms with Crippen LogP contribution in [0.15, 0.2) is 146 Å². The summed E-state index contributed by atoms with van der Waals surface area (Å²) in [4.78, 5) is 13.8. The largest absolute Gasteiger partial charge is 0.330 e. The molecule has 0 radical (unpaired) electrons. The van der Waals surface area contributed by atoms with Crippen LogP contribution >= 0.6 is 0 Å². The van der Waals surface area contributed by atoms with Crippen molar-refractivity contribution >= 4 is 98.0 Å². The third kappa shape index (κ3) is 3.74. The van der Waals surface area contributed by atoms with Gasteiger partial charge < -0.3 is 20.3 Å². The van der Waals surface area contributed by atoms with E-state index in [-0.39, 0.29) is 11.8 Å². The molecule has 4 N–H and O–H groups in total. The van der Waals surface area contributed by atoms with Gasteiger partial charge in [-0.25, -0.2) is 15.0 Å². The monoisotopic (exact) mass is 806 g/mol. The summed E-state index contributed by atoms with van der Waals surface area (Å²) in [5.41, 5.74) is 32.8. The van der Waals surface area contributed by atoms with Gasteiger partial charge in [-0.3, -0.25) is 4.57 Å². The molecule has 0 amide bonds. The third-order valence-electron chi connectivity index (χ3n) is 15.1. The van der Waals surface area contributed by atoms with Gasteiger partial charge in [0.1, 0.15) is 12.7 Å². The lowest BCUT2D eigenvalue weighted by molar-refractivity contribution is 0.842. The lowest BCUT2D eigenvalue weighted by Crippen LogP contribution is -2.11. The number of aromatic nitrogens is 6. The third-order valence-corrected chi connectivity index (χ3v) is 15.1. The second-order valence-electron chi connectivity index (χ2n) is 17.8. The first-order valence-electron chi connectivity index (χ1n) is 21.8. The summed E-state index contributed by atoms with van der Waals surface area (Å²) < 4.78 is 7.22. The quantitative estimate of drug-likeness (QED) is 0.185. The van der Waals surface area contributed by atoms with E-state index in [1.165, 1.54) is 110 Å². The molecule has 6 heterocycles. The molecule has 16 rings (SSSR count). The molecule has 294 valence electrons. The number of para-hydroxylation sites is 2. The van der Waals surface area contributed by atoms with Crippen LogP contribution in [0.2, 0.25) is 0 Å². The Morgan fingerprint density at radius 3 is 1.25 bits per heavy atom. The van der Waals surface area contributed by atoms with E-state index in [1.54, 1.807) is 12.7 Å². The maximum absolute atomic E-state index is 6.53. The van der Waals surface area contributed by atoms with E-state index >= 15 is 0 Å². The molecule has 8 aromatic carbocycles. The molecule has 2 aliphatic rings. The summed E-state index contributed by atoms with van der Waals surface area (Å²) in [6, 6.07) is 50.3. The van der Waals surface area contributed by atoms with Crippen LogP contribution in [0.4, 0.5) is 0 Å². The predicted octanol–water partition coefficient (Wildman–Crippen LogP) is 11.4. The van der Waals surface area contributed by atoms with Crippen molar-refractivity contribution in [2.75, 3.05) is 13.1 Å². The molecule has 0 bridgehead atoms. The fourth-order valence-corrected chi connectivity index (χ4v) is 12.6. The molecule has 2 aliphatic carbocycles. The lowest BCUT2D eigenvalue weighted by atomic mass is 9.96. The number of benzene rings is 8. The lowest BCUT2D eigenvalue weighted by Gasteiger charge is -2.11. The molecule has 0 saturated heterocycles. The average molecular weight is 807 g/mol. The molecule has 2 unspecified atom stereocenters. The fourth-order valence-electron chi connectivity index (χ4n) is 12.6. The molecule has 0 fully saturated rings. The van der Waals surface area contributed by atoms with Crippen LogP contribution in [-0.4, -0.2) is 41.4 Å². The van der Waals surface area contributed by atoms with Gasteiger partial charge in [-0.15, -0.1) is 0 Å². The Hall–Kier alpha value is -7.91. The van der Waals surface area contributed by atoms with Crippen molar-refractivity contribution < 1.29 is 0 Å². The van der Waals surface area contributed by atoms with Gasteiger partial charge in [0.25, 0.3) is 0 Å². The normalized spacial score (nSPS) is 15.9. The fraction of sp³-hybridized carbons (Fsp3) is 0.0727. The van der Waals surface area contributed by atoms with Gasteiger partial charge in [-0.05, 0) is 93.0 Å². The molecule has 63 heavy (non-hydrogen) atoms. The van der Waals surface area contributed by atoms with Crippen LogP contribution in [0.1, 0.15) is 34.1 Å². The van der Waals surface area contributed by atoms with E-state index in [4.69, 9.17) is 21.4 Å². The minimum atomic E-state index is 0.158. The van der Waals surface area contributed by atoms with E-state index in [2.05, 4.69) is 152 Å².